The Labute approximate surface area is 82.7 Å². The largest absolute Gasteiger partial charge is 0.303 e. The van der Waals surface area contributed by atoms with Crippen molar-refractivity contribution in [3.8, 4) is 0 Å². The monoisotopic (exact) mass is 250 g/mol. The molecule has 1 rings (SSSR count). The third kappa shape index (κ3) is 1.84. The van der Waals surface area contributed by atoms with Gasteiger partial charge in [0.15, 0.2) is 0 Å². The number of halogens is 3. The molecule has 0 spiro atoms. The molecule has 1 nitrogen and oxygen atoms in total. The molecular weight excluding hydrogens is 246 g/mol. The van der Waals surface area contributed by atoms with Gasteiger partial charge in [-0.2, -0.15) is 0 Å². The van der Waals surface area contributed by atoms with Crippen LogP contribution in [0.5, 0.6) is 0 Å². The van der Waals surface area contributed by atoms with Crippen LogP contribution in [0.4, 0.5) is 4.39 Å². The summed E-state index contributed by atoms with van der Waals surface area (Å²) in [7, 11) is 0. The molecule has 0 N–H and O–H groups in total. The predicted octanol–water partition coefficient (Wildman–Crippen LogP) is 2.98. The zero-order valence-corrected chi connectivity index (χ0v) is 8.32. The van der Waals surface area contributed by atoms with Crippen LogP contribution >= 0.6 is 27.5 Å². The molecule has 0 radical (unpaired) electrons. The third-order valence-electron chi connectivity index (χ3n) is 1.42. The van der Waals surface area contributed by atoms with E-state index in [0.717, 1.165) is 0 Å². The summed E-state index contributed by atoms with van der Waals surface area (Å²) < 4.78 is 13.6. The molecule has 0 aliphatic carbocycles. The van der Waals surface area contributed by atoms with Gasteiger partial charge in [-0.05, 0) is 27.6 Å². The van der Waals surface area contributed by atoms with Crippen molar-refractivity contribution in [2.24, 2.45) is 0 Å². The van der Waals surface area contributed by atoms with Crippen LogP contribution in [0, 0.1) is 5.82 Å². The maximum atomic E-state index is 13.1. The van der Waals surface area contributed by atoms with Crippen LogP contribution in [0.2, 0.25) is 5.02 Å². The molecule has 0 aliphatic heterocycles. The summed E-state index contributed by atoms with van der Waals surface area (Å²) in [6.07, 6.45) is 0.696. The van der Waals surface area contributed by atoms with Gasteiger partial charge in [-0.15, -0.1) is 0 Å². The predicted molar refractivity (Wildman–Crippen MR) is 48.9 cm³/mol. The quantitative estimate of drug-likeness (QED) is 0.583. The van der Waals surface area contributed by atoms with Crippen LogP contribution in [-0.2, 0) is 11.2 Å². The second-order valence-corrected chi connectivity index (χ2v) is 3.44. The van der Waals surface area contributed by atoms with Crippen LogP contribution in [0.3, 0.4) is 0 Å². The first-order chi connectivity index (χ1) is 5.66. The fourth-order valence-electron chi connectivity index (χ4n) is 0.813. The van der Waals surface area contributed by atoms with Gasteiger partial charge in [-0.3, -0.25) is 0 Å². The topological polar surface area (TPSA) is 17.1 Å². The van der Waals surface area contributed by atoms with Crippen LogP contribution in [0.25, 0.3) is 0 Å². The Kier molecular flexibility index (Phi) is 3.23. The highest BCUT2D eigenvalue weighted by Crippen LogP contribution is 2.27. The van der Waals surface area contributed by atoms with Crippen molar-refractivity contribution in [3.05, 3.63) is 33.0 Å². The molecule has 64 valence electrons. The minimum absolute atomic E-state index is 0.0225. The Balaban J connectivity index is 3.16. The summed E-state index contributed by atoms with van der Waals surface area (Å²) in [6, 6.07) is 3.14. The van der Waals surface area contributed by atoms with E-state index >= 15 is 0 Å². The van der Waals surface area contributed by atoms with Gasteiger partial charge in [-0.25, -0.2) is 4.39 Å². The Hall–Kier alpha value is -0.410. The lowest BCUT2D eigenvalue weighted by atomic mass is 10.1. The van der Waals surface area contributed by atoms with Crippen molar-refractivity contribution < 1.29 is 9.18 Å². The summed E-state index contributed by atoms with van der Waals surface area (Å²) in [5.41, 5.74) is 0.318. The Morgan fingerprint density at radius 2 is 2.25 bits per heavy atom. The normalized spacial score (nSPS) is 9.92. The molecule has 0 atom stereocenters. The summed E-state index contributed by atoms with van der Waals surface area (Å²) >= 11 is 8.65. The van der Waals surface area contributed by atoms with Gasteiger partial charge < -0.3 is 4.79 Å². The van der Waals surface area contributed by atoms with E-state index in [9.17, 15) is 9.18 Å². The Bertz CT molecular complexity index is 314. The third-order valence-corrected chi connectivity index (χ3v) is 2.68. The lowest BCUT2D eigenvalue weighted by Gasteiger charge is -2.01. The molecule has 0 unspecified atom stereocenters. The lowest BCUT2D eigenvalue weighted by molar-refractivity contribution is -0.107. The van der Waals surface area contributed by atoms with Gasteiger partial charge in [0.05, 0.1) is 5.02 Å². The fraction of sp³-hybridized carbons (Fsp3) is 0.125. The molecule has 0 saturated carbocycles. The first-order valence-corrected chi connectivity index (χ1v) is 4.40. The Morgan fingerprint density at radius 1 is 1.58 bits per heavy atom. The fourth-order valence-corrected chi connectivity index (χ4v) is 1.30. The van der Waals surface area contributed by atoms with E-state index in [1.807, 2.05) is 0 Å². The van der Waals surface area contributed by atoms with Gasteiger partial charge in [0.25, 0.3) is 0 Å². The number of hydrogen-bond donors (Lipinski definition) is 0. The standard InChI is InChI=1S/C8H5BrClFO/c9-6-2-1-5(3-4-12)8(11)7(6)10/h1-2,4H,3H2. The van der Waals surface area contributed by atoms with Crippen molar-refractivity contribution in [1.82, 2.24) is 0 Å². The number of carbonyl (C=O) groups is 1. The van der Waals surface area contributed by atoms with Gasteiger partial charge in [0.1, 0.15) is 12.1 Å². The van der Waals surface area contributed by atoms with Gasteiger partial charge in [0.2, 0.25) is 0 Å². The van der Waals surface area contributed by atoms with E-state index in [4.69, 9.17) is 11.6 Å². The molecule has 0 aromatic heterocycles. The first kappa shape index (κ1) is 9.68. The van der Waals surface area contributed by atoms with Crippen molar-refractivity contribution >= 4 is 33.8 Å². The van der Waals surface area contributed by atoms with Crippen LogP contribution in [-0.4, -0.2) is 6.29 Å². The summed E-state index contributed by atoms with van der Waals surface area (Å²) in [5.74, 6) is -0.529. The second kappa shape index (κ2) is 4.01. The van der Waals surface area contributed by atoms with E-state index in [0.29, 0.717) is 16.3 Å². The number of benzene rings is 1. The van der Waals surface area contributed by atoms with Crippen LogP contribution in [0.1, 0.15) is 5.56 Å². The average Bonchev–Trinajstić information content (AvgIpc) is 2.07. The number of carbonyl (C=O) groups excluding carboxylic acids is 1. The molecule has 0 saturated heterocycles. The van der Waals surface area contributed by atoms with E-state index < -0.39 is 5.82 Å². The number of hydrogen-bond acceptors (Lipinski definition) is 1. The maximum absolute atomic E-state index is 13.1. The molecule has 1 aromatic carbocycles. The van der Waals surface area contributed by atoms with Crippen molar-refractivity contribution in [2.45, 2.75) is 6.42 Å². The van der Waals surface area contributed by atoms with Gasteiger partial charge in [0, 0.05) is 10.9 Å². The van der Waals surface area contributed by atoms with Crippen LogP contribution < -0.4 is 0 Å². The number of aldehydes is 1. The smallest absolute Gasteiger partial charge is 0.146 e. The van der Waals surface area contributed by atoms with Gasteiger partial charge in [-0.1, -0.05) is 17.7 Å². The van der Waals surface area contributed by atoms with E-state index in [1.54, 1.807) is 6.07 Å². The van der Waals surface area contributed by atoms with Crippen LogP contribution in [0.15, 0.2) is 16.6 Å². The zero-order chi connectivity index (χ0) is 9.14. The highest BCUT2D eigenvalue weighted by Gasteiger charge is 2.08. The van der Waals surface area contributed by atoms with Crippen molar-refractivity contribution in [1.29, 1.82) is 0 Å². The second-order valence-electron chi connectivity index (χ2n) is 2.21. The maximum Gasteiger partial charge on any atom is 0.146 e. The molecule has 4 heteroatoms. The molecule has 0 bridgehead atoms. The number of rotatable bonds is 2. The first-order valence-electron chi connectivity index (χ1n) is 3.23. The molecule has 0 heterocycles. The molecule has 1 aromatic rings. The SMILES string of the molecule is O=CCc1ccc(Br)c(Cl)c1F. The summed E-state index contributed by atoms with van der Waals surface area (Å²) in [6.45, 7) is 0. The minimum atomic E-state index is -0.529. The molecule has 0 aliphatic rings. The highest BCUT2D eigenvalue weighted by atomic mass is 79.9. The van der Waals surface area contributed by atoms with Crippen molar-refractivity contribution in [3.63, 3.8) is 0 Å². The summed E-state index contributed by atoms with van der Waals surface area (Å²) in [5, 5.41) is 0.0225. The molecule has 0 amide bonds. The zero-order valence-electron chi connectivity index (χ0n) is 5.98. The minimum Gasteiger partial charge on any atom is -0.303 e. The Morgan fingerprint density at radius 3 is 2.83 bits per heavy atom. The molecule has 12 heavy (non-hydrogen) atoms. The molecule has 0 fully saturated rings. The lowest BCUT2D eigenvalue weighted by Crippen LogP contribution is -1.92. The van der Waals surface area contributed by atoms with E-state index in [-0.39, 0.29) is 11.4 Å². The summed E-state index contributed by atoms with van der Waals surface area (Å²) in [4.78, 5) is 10.1. The van der Waals surface area contributed by atoms with E-state index in [1.165, 1.54) is 6.07 Å². The van der Waals surface area contributed by atoms with Gasteiger partial charge >= 0.3 is 0 Å². The van der Waals surface area contributed by atoms with Crippen molar-refractivity contribution in [2.75, 3.05) is 0 Å². The molecular formula is C8H5BrClFO. The average molecular weight is 251 g/mol. The van der Waals surface area contributed by atoms with E-state index in [2.05, 4.69) is 15.9 Å². The highest BCUT2D eigenvalue weighted by molar-refractivity contribution is 9.10.